The minimum absolute atomic E-state index is 0.0407. The number of halogens is 2. The van der Waals surface area contributed by atoms with Gasteiger partial charge in [0, 0.05) is 10.7 Å². The molecule has 2 aromatic carbocycles. The van der Waals surface area contributed by atoms with Crippen molar-refractivity contribution in [2.75, 3.05) is 11.1 Å². The molecule has 0 atom stereocenters. The molecule has 0 aliphatic heterocycles. The molecule has 0 fully saturated rings. The van der Waals surface area contributed by atoms with Crippen LogP contribution in [-0.2, 0) is 6.54 Å². The van der Waals surface area contributed by atoms with Gasteiger partial charge in [0.15, 0.2) is 5.82 Å². The minimum Gasteiger partial charge on any atom is -0.368 e. The van der Waals surface area contributed by atoms with Gasteiger partial charge in [-0.15, -0.1) is 0 Å². The molecule has 8 nitrogen and oxygen atoms in total. The summed E-state index contributed by atoms with van der Waals surface area (Å²) in [5, 5.41) is 4.09. The van der Waals surface area contributed by atoms with Crippen LogP contribution in [0.25, 0.3) is 10.9 Å². The van der Waals surface area contributed by atoms with Crippen LogP contribution in [0.4, 0.5) is 17.6 Å². The second-order valence-corrected chi connectivity index (χ2v) is 7.18. The van der Waals surface area contributed by atoms with E-state index in [9.17, 15) is 4.79 Å². The Hall–Kier alpha value is -3.23. The highest BCUT2D eigenvalue weighted by Gasteiger charge is 2.12. The van der Waals surface area contributed by atoms with Crippen LogP contribution in [0, 0.1) is 6.92 Å². The first kappa shape index (κ1) is 19.1. The summed E-state index contributed by atoms with van der Waals surface area (Å²) in [4.78, 5) is 29.7. The molecule has 29 heavy (non-hydrogen) atoms. The number of anilines is 3. The number of aromatic nitrogens is 5. The molecule has 0 radical (unpaired) electrons. The molecule has 146 valence electrons. The predicted molar refractivity (Wildman–Crippen MR) is 114 cm³/mol. The number of aryl methyl sites for hydroxylation is 1. The van der Waals surface area contributed by atoms with E-state index in [4.69, 9.17) is 28.9 Å². The third kappa shape index (κ3) is 3.98. The third-order valence-electron chi connectivity index (χ3n) is 4.25. The van der Waals surface area contributed by atoms with Gasteiger partial charge in [0.2, 0.25) is 11.9 Å². The first-order valence-corrected chi connectivity index (χ1v) is 9.33. The van der Waals surface area contributed by atoms with Gasteiger partial charge in [-0.05, 0) is 30.7 Å². The van der Waals surface area contributed by atoms with Gasteiger partial charge in [-0.25, -0.2) is 4.98 Å². The fourth-order valence-electron chi connectivity index (χ4n) is 2.86. The number of nitrogen functional groups attached to an aromatic ring is 1. The maximum Gasteiger partial charge on any atom is 0.261 e. The Bertz CT molecular complexity index is 1290. The van der Waals surface area contributed by atoms with Gasteiger partial charge in [-0.3, -0.25) is 9.36 Å². The van der Waals surface area contributed by atoms with Crippen molar-refractivity contribution in [1.29, 1.82) is 0 Å². The van der Waals surface area contributed by atoms with Gasteiger partial charge in [0.05, 0.1) is 28.8 Å². The van der Waals surface area contributed by atoms with Gasteiger partial charge in [-0.1, -0.05) is 41.4 Å². The van der Waals surface area contributed by atoms with E-state index in [1.54, 1.807) is 6.07 Å². The first-order chi connectivity index (χ1) is 13.9. The van der Waals surface area contributed by atoms with Crippen molar-refractivity contribution in [2.24, 2.45) is 0 Å². The first-order valence-electron chi connectivity index (χ1n) is 8.58. The SMILES string of the molecule is Cc1ccccc1Nc1nc(N)nc(Cn2cnc3c(Cl)cc(Cl)cc3c2=O)n1. The van der Waals surface area contributed by atoms with Gasteiger partial charge < -0.3 is 11.1 Å². The highest BCUT2D eigenvalue weighted by molar-refractivity contribution is 6.38. The number of nitrogens with two attached hydrogens (primary N) is 1. The molecule has 0 saturated carbocycles. The maximum atomic E-state index is 12.8. The highest BCUT2D eigenvalue weighted by atomic mass is 35.5. The van der Waals surface area contributed by atoms with Crippen LogP contribution >= 0.6 is 23.2 Å². The Morgan fingerprint density at radius 2 is 1.93 bits per heavy atom. The summed E-state index contributed by atoms with van der Waals surface area (Å²) in [6, 6.07) is 10.8. The molecule has 0 unspecified atom stereocenters. The zero-order valence-corrected chi connectivity index (χ0v) is 16.7. The van der Waals surface area contributed by atoms with Crippen molar-refractivity contribution in [2.45, 2.75) is 13.5 Å². The van der Waals surface area contributed by atoms with E-state index in [1.807, 2.05) is 31.2 Å². The van der Waals surface area contributed by atoms with Crippen LogP contribution in [0.2, 0.25) is 10.0 Å². The Morgan fingerprint density at radius 3 is 2.72 bits per heavy atom. The van der Waals surface area contributed by atoms with Gasteiger partial charge >= 0.3 is 0 Å². The molecule has 0 amide bonds. The number of nitrogens with one attached hydrogen (secondary N) is 1. The van der Waals surface area contributed by atoms with Gasteiger partial charge in [-0.2, -0.15) is 15.0 Å². The van der Waals surface area contributed by atoms with Crippen molar-refractivity contribution in [3.63, 3.8) is 0 Å². The number of rotatable bonds is 4. The van der Waals surface area contributed by atoms with E-state index in [0.29, 0.717) is 26.8 Å². The topological polar surface area (TPSA) is 112 Å². The largest absolute Gasteiger partial charge is 0.368 e. The normalized spacial score (nSPS) is 11.0. The number of hydrogen-bond acceptors (Lipinski definition) is 7. The van der Waals surface area contributed by atoms with E-state index in [2.05, 4.69) is 25.3 Å². The standard InChI is InChI=1S/C19H15Cl2N7O/c1-10-4-2-3-5-14(10)24-19-26-15(25-18(22)27-19)8-28-9-23-16-12(17(28)29)6-11(20)7-13(16)21/h2-7,9H,8H2,1H3,(H3,22,24,25,26,27). The summed E-state index contributed by atoms with van der Waals surface area (Å²) in [5.74, 6) is 0.638. The summed E-state index contributed by atoms with van der Waals surface area (Å²) in [6.45, 7) is 2.02. The van der Waals surface area contributed by atoms with Crippen LogP contribution in [0.1, 0.15) is 11.4 Å². The molecule has 0 saturated heterocycles. The van der Waals surface area contributed by atoms with E-state index in [-0.39, 0.29) is 24.0 Å². The van der Waals surface area contributed by atoms with Gasteiger partial charge in [0.25, 0.3) is 5.56 Å². The molecule has 0 aliphatic rings. The lowest BCUT2D eigenvalue weighted by Crippen LogP contribution is -2.23. The van der Waals surface area contributed by atoms with Crippen molar-refractivity contribution >= 4 is 51.7 Å². The van der Waals surface area contributed by atoms with Crippen molar-refractivity contribution in [3.8, 4) is 0 Å². The van der Waals surface area contributed by atoms with Crippen molar-refractivity contribution < 1.29 is 0 Å². The molecular weight excluding hydrogens is 413 g/mol. The fraction of sp³-hybridized carbons (Fsp3) is 0.105. The number of fused-ring (bicyclic) bond motifs is 1. The molecule has 4 rings (SSSR count). The number of nitrogens with zero attached hydrogens (tertiary/aromatic N) is 5. The summed E-state index contributed by atoms with van der Waals surface area (Å²) in [5.41, 5.74) is 7.77. The average molecular weight is 428 g/mol. The smallest absolute Gasteiger partial charge is 0.261 e. The van der Waals surface area contributed by atoms with Crippen LogP contribution in [0.15, 0.2) is 47.5 Å². The van der Waals surface area contributed by atoms with Crippen LogP contribution in [0.5, 0.6) is 0 Å². The van der Waals surface area contributed by atoms with Crippen molar-refractivity contribution in [1.82, 2.24) is 24.5 Å². The van der Waals surface area contributed by atoms with E-state index in [1.165, 1.54) is 17.0 Å². The van der Waals surface area contributed by atoms with Crippen LogP contribution < -0.4 is 16.6 Å². The average Bonchev–Trinajstić information content (AvgIpc) is 2.66. The lowest BCUT2D eigenvalue weighted by molar-refractivity contribution is 0.704. The summed E-state index contributed by atoms with van der Waals surface area (Å²) in [6.07, 6.45) is 1.39. The molecule has 3 N–H and O–H groups in total. The van der Waals surface area contributed by atoms with Crippen LogP contribution in [0.3, 0.4) is 0 Å². The fourth-order valence-corrected chi connectivity index (χ4v) is 3.40. The molecule has 2 aromatic heterocycles. The minimum atomic E-state index is -0.313. The number of benzene rings is 2. The highest BCUT2D eigenvalue weighted by Crippen LogP contribution is 2.24. The summed E-state index contributed by atoms with van der Waals surface area (Å²) >= 11 is 12.1. The molecule has 4 aromatic rings. The zero-order chi connectivity index (χ0) is 20.5. The molecule has 0 spiro atoms. The molecular formula is C19H15Cl2N7O. The molecule has 2 heterocycles. The zero-order valence-electron chi connectivity index (χ0n) is 15.2. The number of hydrogen-bond donors (Lipinski definition) is 2. The Kier molecular flexibility index (Phi) is 5.04. The maximum absolute atomic E-state index is 12.8. The monoisotopic (exact) mass is 427 g/mol. The molecule has 0 bridgehead atoms. The van der Waals surface area contributed by atoms with E-state index in [0.717, 1.165) is 11.3 Å². The Morgan fingerprint density at radius 1 is 1.14 bits per heavy atom. The number of para-hydroxylation sites is 1. The molecule has 10 heteroatoms. The second kappa shape index (κ2) is 7.65. The van der Waals surface area contributed by atoms with E-state index >= 15 is 0 Å². The molecule has 0 aliphatic carbocycles. The lowest BCUT2D eigenvalue weighted by Gasteiger charge is -2.10. The van der Waals surface area contributed by atoms with E-state index < -0.39 is 0 Å². The third-order valence-corrected chi connectivity index (χ3v) is 4.75. The summed E-state index contributed by atoms with van der Waals surface area (Å²) < 4.78 is 1.36. The summed E-state index contributed by atoms with van der Waals surface area (Å²) in [7, 11) is 0. The Labute approximate surface area is 175 Å². The quantitative estimate of drug-likeness (QED) is 0.511. The Balaban J connectivity index is 1.70. The second-order valence-electron chi connectivity index (χ2n) is 6.33. The lowest BCUT2D eigenvalue weighted by atomic mass is 10.2. The van der Waals surface area contributed by atoms with Crippen LogP contribution in [-0.4, -0.2) is 24.5 Å². The predicted octanol–water partition coefficient (Wildman–Crippen LogP) is 3.57. The van der Waals surface area contributed by atoms with Crippen molar-refractivity contribution in [3.05, 3.63) is 74.5 Å². The van der Waals surface area contributed by atoms with Gasteiger partial charge in [0.1, 0.15) is 0 Å².